The zero-order chi connectivity index (χ0) is 19.3. The van der Waals surface area contributed by atoms with E-state index >= 15 is 0 Å². The Morgan fingerprint density at radius 1 is 1.15 bits per heavy atom. The number of fused-ring (bicyclic) bond motifs is 1. The number of carbonyl (C=O) groups is 1. The van der Waals surface area contributed by atoms with Gasteiger partial charge in [0.1, 0.15) is 5.75 Å². The van der Waals surface area contributed by atoms with E-state index in [1.165, 1.54) is 4.31 Å². The van der Waals surface area contributed by atoms with Crippen LogP contribution in [0.15, 0.2) is 48.5 Å². The van der Waals surface area contributed by atoms with E-state index in [1.54, 1.807) is 12.1 Å². The average molecular weight is 388 g/mol. The third kappa shape index (κ3) is 5.08. The van der Waals surface area contributed by atoms with Gasteiger partial charge in [0.2, 0.25) is 10.0 Å². The molecule has 3 rings (SSSR count). The lowest BCUT2D eigenvalue weighted by atomic mass is 10.0. The van der Waals surface area contributed by atoms with Crippen LogP contribution < -0.4 is 10.1 Å². The Hall–Kier alpha value is -2.38. The quantitative estimate of drug-likeness (QED) is 0.791. The number of sulfonamides is 1. The number of hydrogen-bond acceptors (Lipinski definition) is 4. The third-order valence-electron chi connectivity index (χ3n) is 4.44. The lowest BCUT2D eigenvalue weighted by Crippen LogP contribution is -2.37. The highest BCUT2D eigenvalue weighted by Crippen LogP contribution is 2.24. The van der Waals surface area contributed by atoms with Crippen molar-refractivity contribution in [2.45, 2.75) is 26.3 Å². The molecule has 0 fully saturated rings. The lowest BCUT2D eigenvalue weighted by Gasteiger charge is -2.28. The van der Waals surface area contributed by atoms with Crippen molar-refractivity contribution in [3.63, 3.8) is 0 Å². The first-order valence-corrected chi connectivity index (χ1v) is 10.7. The molecule has 6 nitrogen and oxygen atoms in total. The number of ether oxygens (including phenoxy) is 1. The van der Waals surface area contributed by atoms with Gasteiger partial charge >= 0.3 is 0 Å². The standard InChI is InChI=1S/C20H24N2O4S/c1-2-12-27(24,25)22-11-10-16-8-9-18(13-17(16)14-22)21-20(23)15-26-19-6-4-3-5-7-19/h3-9,13H,2,10-12,14-15H2,1H3,(H,21,23). The van der Waals surface area contributed by atoms with Crippen LogP contribution in [0.5, 0.6) is 5.75 Å². The molecule has 0 unspecified atom stereocenters. The summed E-state index contributed by atoms with van der Waals surface area (Å²) in [4.78, 5) is 12.1. The van der Waals surface area contributed by atoms with Gasteiger partial charge in [0.15, 0.2) is 6.61 Å². The van der Waals surface area contributed by atoms with Gasteiger partial charge in [0.25, 0.3) is 5.91 Å². The fourth-order valence-electron chi connectivity index (χ4n) is 3.10. The minimum Gasteiger partial charge on any atom is -0.484 e. The summed E-state index contributed by atoms with van der Waals surface area (Å²) in [5.41, 5.74) is 2.70. The second-order valence-electron chi connectivity index (χ2n) is 6.53. The van der Waals surface area contributed by atoms with Gasteiger partial charge in [-0.05, 0) is 48.2 Å². The average Bonchev–Trinajstić information content (AvgIpc) is 2.66. The summed E-state index contributed by atoms with van der Waals surface area (Å²) in [5, 5.41) is 2.81. The number of nitrogens with one attached hydrogen (secondary N) is 1. The SMILES string of the molecule is CCCS(=O)(=O)N1CCc2ccc(NC(=O)COc3ccccc3)cc2C1. The summed E-state index contributed by atoms with van der Waals surface area (Å²) >= 11 is 0. The van der Waals surface area contributed by atoms with Gasteiger partial charge in [0, 0.05) is 18.8 Å². The van der Waals surface area contributed by atoms with Crippen molar-refractivity contribution in [3.8, 4) is 5.75 Å². The van der Waals surface area contributed by atoms with Crippen LogP contribution in [-0.4, -0.2) is 37.5 Å². The van der Waals surface area contributed by atoms with Gasteiger partial charge in [-0.15, -0.1) is 0 Å². The molecule has 0 spiro atoms. The van der Waals surface area contributed by atoms with Gasteiger partial charge < -0.3 is 10.1 Å². The highest BCUT2D eigenvalue weighted by Gasteiger charge is 2.26. The number of hydrogen-bond donors (Lipinski definition) is 1. The molecule has 1 heterocycles. The maximum atomic E-state index is 12.3. The predicted octanol–water partition coefficient (Wildman–Crippen LogP) is 2.80. The molecule has 0 saturated carbocycles. The second kappa shape index (κ2) is 8.54. The van der Waals surface area contributed by atoms with E-state index in [4.69, 9.17) is 4.74 Å². The largest absolute Gasteiger partial charge is 0.484 e. The molecule has 27 heavy (non-hydrogen) atoms. The first kappa shape index (κ1) is 19.4. The number of para-hydroxylation sites is 1. The Morgan fingerprint density at radius 2 is 1.93 bits per heavy atom. The molecule has 2 aromatic rings. The first-order valence-electron chi connectivity index (χ1n) is 9.05. The molecule has 1 amide bonds. The monoisotopic (exact) mass is 388 g/mol. The highest BCUT2D eigenvalue weighted by atomic mass is 32.2. The van der Waals surface area contributed by atoms with Crippen LogP contribution in [0.2, 0.25) is 0 Å². The molecular weight excluding hydrogens is 364 g/mol. The zero-order valence-electron chi connectivity index (χ0n) is 15.3. The Morgan fingerprint density at radius 3 is 2.67 bits per heavy atom. The summed E-state index contributed by atoms with van der Waals surface area (Å²) in [5.74, 6) is 0.537. The smallest absolute Gasteiger partial charge is 0.262 e. The summed E-state index contributed by atoms with van der Waals surface area (Å²) < 4.78 is 31.6. The number of carbonyl (C=O) groups excluding carboxylic acids is 1. The van der Waals surface area contributed by atoms with Gasteiger partial charge in [0.05, 0.1) is 5.75 Å². The van der Waals surface area contributed by atoms with E-state index in [1.807, 2.05) is 43.3 Å². The maximum absolute atomic E-state index is 12.3. The van der Waals surface area contributed by atoms with Crippen LogP contribution in [0.1, 0.15) is 24.5 Å². The van der Waals surface area contributed by atoms with Crippen LogP contribution in [0.3, 0.4) is 0 Å². The summed E-state index contributed by atoms with van der Waals surface area (Å²) in [6, 6.07) is 14.8. The Bertz CT molecular complexity index is 897. The molecule has 144 valence electrons. The summed E-state index contributed by atoms with van der Waals surface area (Å²) in [7, 11) is -3.23. The van der Waals surface area contributed by atoms with Gasteiger partial charge in [-0.2, -0.15) is 4.31 Å². The Balaban J connectivity index is 1.63. The van der Waals surface area contributed by atoms with Crippen molar-refractivity contribution in [1.82, 2.24) is 4.31 Å². The molecule has 1 aliphatic rings. The molecule has 0 aliphatic carbocycles. The number of rotatable bonds is 7. The van der Waals surface area contributed by atoms with Crippen LogP contribution in [0.25, 0.3) is 0 Å². The molecule has 1 aliphatic heterocycles. The van der Waals surface area contributed by atoms with Gasteiger partial charge in [-0.3, -0.25) is 4.79 Å². The second-order valence-corrected chi connectivity index (χ2v) is 8.62. The molecule has 0 aromatic heterocycles. The molecule has 0 bridgehead atoms. The molecular formula is C20H24N2O4S. The van der Waals surface area contributed by atoms with E-state index < -0.39 is 10.0 Å². The van der Waals surface area contributed by atoms with Crippen LogP contribution in [-0.2, 0) is 27.8 Å². The topological polar surface area (TPSA) is 75.7 Å². The van der Waals surface area contributed by atoms with E-state index in [-0.39, 0.29) is 18.3 Å². The van der Waals surface area contributed by atoms with Gasteiger partial charge in [-0.1, -0.05) is 31.2 Å². The highest BCUT2D eigenvalue weighted by molar-refractivity contribution is 7.89. The van der Waals surface area contributed by atoms with Crippen molar-refractivity contribution in [3.05, 3.63) is 59.7 Å². The minimum atomic E-state index is -3.23. The maximum Gasteiger partial charge on any atom is 0.262 e. The molecule has 1 N–H and O–H groups in total. The number of amides is 1. The van der Waals surface area contributed by atoms with E-state index in [0.29, 0.717) is 37.4 Å². The zero-order valence-corrected chi connectivity index (χ0v) is 16.2. The van der Waals surface area contributed by atoms with Gasteiger partial charge in [-0.25, -0.2) is 8.42 Å². The van der Waals surface area contributed by atoms with E-state index in [0.717, 1.165) is 11.1 Å². The van der Waals surface area contributed by atoms with Crippen molar-refractivity contribution < 1.29 is 17.9 Å². The Kier molecular flexibility index (Phi) is 6.13. The summed E-state index contributed by atoms with van der Waals surface area (Å²) in [6.07, 6.45) is 1.28. The lowest BCUT2D eigenvalue weighted by molar-refractivity contribution is -0.118. The summed E-state index contributed by atoms with van der Waals surface area (Å²) in [6.45, 7) is 2.63. The molecule has 0 saturated heterocycles. The Labute approximate surface area is 160 Å². The molecule has 2 aromatic carbocycles. The van der Waals surface area contributed by atoms with Crippen molar-refractivity contribution >= 4 is 21.6 Å². The van der Waals surface area contributed by atoms with Crippen LogP contribution >= 0.6 is 0 Å². The molecule has 7 heteroatoms. The van der Waals surface area contributed by atoms with Crippen LogP contribution in [0, 0.1) is 0 Å². The predicted molar refractivity (Wildman–Crippen MR) is 105 cm³/mol. The normalized spacial score (nSPS) is 14.4. The van der Waals surface area contributed by atoms with Crippen molar-refractivity contribution in [2.75, 3.05) is 24.2 Å². The molecule has 0 radical (unpaired) electrons. The molecule has 0 atom stereocenters. The van der Waals surface area contributed by atoms with Crippen LogP contribution in [0.4, 0.5) is 5.69 Å². The van der Waals surface area contributed by atoms with E-state index in [2.05, 4.69) is 5.32 Å². The fourth-order valence-corrected chi connectivity index (χ4v) is 4.58. The third-order valence-corrected chi connectivity index (χ3v) is 6.46. The first-order chi connectivity index (χ1) is 13.0. The number of anilines is 1. The number of benzene rings is 2. The fraction of sp³-hybridized carbons (Fsp3) is 0.350. The van der Waals surface area contributed by atoms with E-state index in [9.17, 15) is 13.2 Å². The minimum absolute atomic E-state index is 0.0852. The van der Waals surface area contributed by atoms with Crippen molar-refractivity contribution in [2.24, 2.45) is 0 Å². The van der Waals surface area contributed by atoms with Crippen molar-refractivity contribution in [1.29, 1.82) is 0 Å². The number of nitrogens with zero attached hydrogens (tertiary/aromatic N) is 1.